The molecule has 3 aromatic rings. The van der Waals surface area contributed by atoms with Crippen LogP contribution in [0.1, 0.15) is 34.3 Å². The van der Waals surface area contributed by atoms with Crippen LogP contribution in [0.15, 0.2) is 44.9 Å². The molecule has 1 fully saturated rings. The number of aromatic nitrogens is 3. The maximum Gasteiger partial charge on any atom is 0.332 e. The topological polar surface area (TPSA) is 115 Å². The fraction of sp³-hybridized carbons (Fsp3) is 0.417. The zero-order chi connectivity index (χ0) is 24.9. The summed E-state index contributed by atoms with van der Waals surface area (Å²) in [5.41, 5.74) is 1.74. The summed E-state index contributed by atoms with van der Waals surface area (Å²) in [6, 6.07) is 6.86. The van der Waals surface area contributed by atoms with Gasteiger partial charge >= 0.3 is 5.69 Å². The first-order valence-electron chi connectivity index (χ1n) is 11.7. The van der Waals surface area contributed by atoms with Gasteiger partial charge in [-0.05, 0) is 55.0 Å². The van der Waals surface area contributed by atoms with Gasteiger partial charge in [-0.15, -0.1) is 0 Å². The van der Waals surface area contributed by atoms with E-state index in [1.807, 2.05) is 6.07 Å². The van der Waals surface area contributed by atoms with Crippen LogP contribution in [0, 0.1) is 0 Å². The molecule has 1 saturated heterocycles. The molecule has 0 atom stereocenters. The van der Waals surface area contributed by atoms with E-state index < -0.39 is 21.3 Å². The van der Waals surface area contributed by atoms with Gasteiger partial charge in [0.15, 0.2) is 0 Å². The van der Waals surface area contributed by atoms with Crippen molar-refractivity contribution < 1.29 is 13.2 Å². The van der Waals surface area contributed by atoms with Gasteiger partial charge in [0.1, 0.15) is 5.65 Å². The number of amides is 1. The zero-order valence-electron chi connectivity index (χ0n) is 19.7. The van der Waals surface area contributed by atoms with E-state index in [1.165, 1.54) is 40.8 Å². The number of sulfonamides is 1. The van der Waals surface area contributed by atoms with Gasteiger partial charge in [-0.3, -0.25) is 18.7 Å². The number of piperazine rings is 1. The van der Waals surface area contributed by atoms with Crippen LogP contribution >= 0.6 is 0 Å². The van der Waals surface area contributed by atoms with Gasteiger partial charge in [0.2, 0.25) is 10.0 Å². The molecule has 0 spiro atoms. The summed E-state index contributed by atoms with van der Waals surface area (Å²) in [6.45, 7) is 0.823. The molecule has 2 aromatic heterocycles. The molecule has 11 heteroatoms. The van der Waals surface area contributed by atoms with E-state index >= 15 is 0 Å². The Hall–Kier alpha value is -3.31. The van der Waals surface area contributed by atoms with Crippen LogP contribution in [0.2, 0.25) is 0 Å². The van der Waals surface area contributed by atoms with Crippen LogP contribution < -0.4 is 11.2 Å². The maximum atomic E-state index is 13.2. The molecule has 1 amide bonds. The van der Waals surface area contributed by atoms with Gasteiger partial charge < -0.3 is 4.90 Å². The number of carbonyl (C=O) groups excluding carboxylic acids is 1. The summed E-state index contributed by atoms with van der Waals surface area (Å²) in [5, 5.41) is 0.175. The van der Waals surface area contributed by atoms with Crippen molar-refractivity contribution in [1.82, 2.24) is 23.3 Å². The summed E-state index contributed by atoms with van der Waals surface area (Å²) in [6.07, 6.45) is 5.44. The van der Waals surface area contributed by atoms with E-state index in [1.54, 1.807) is 17.0 Å². The minimum atomic E-state index is -3.65. The van der Waals surface area contributed by atoms with Crippen molar-refractivity contribution in [2.24, 2.45) is 14.1 Å². The van der Waals surface area contributed by atoms with Crippen molar-refractivity contribution in [2.45, 2.75) is 30.6 Å². The Morgan fingerprint density at radius 2 is 1.60 bits per heavy atom. The van der Waals surface area contributed by atoms with Crippen molar-refractivity contribution in [2.75, 3.05) is 26.2 Å². The highest BCUT2D eigenvalue weighted by Gasteiger charge is 2.31. The highest BCUT2D eigenvalue weighted by molar-refractivity contribution is 7.89. The molecule has 0 unspecified atom stereocenters. The number of hydrogen-bond donors (Lipinski definition) is 0. The highest BCUT2D eigenvalue weighted by atomic mass is 32.2. The molecule has 10 nitrogen and oxygen atoms in total. The van der Waals surface area contributed by atoms with E-state index in [2.05, 4.69) is 4.98 Å². The average Bonchev–Trinajstić information content (AvgIpc) is 2.89. The monoisotopic (exact) mass is 497 g/mol. The third-order valence-electron chi connectivity index (χ3n) is 7.02. The Bertz CT molecular complexity index is 1570. The summed E-state index contributed by atoms with van der Waals surface area (Å²) in [4.78, 5) is 43.8. The van der Waals surface area contributed by atoms with Crippen LogP contribution in [-0.2, 0) is 37.0 Å². The Morgan fingerprint density at radius 1 is 0.914 bits per heavy atom. The predicted octanol–water partition coefficient (Wildman–Crippen LogP) is 0.658. The lowest BCUT2D eigenvalue weighted by molar-refractivity contribution is 0.0697. The van der Waals surface area contributed by atoms with Crippen molar-refractivity contribution in [1.29, 1.82) is 0 Å². The molecule has 1 aromatic carbocycles. The summed E-state index contributed by atoms with van der Waals surface area (Å²) < 4.78 is 30.1. The second-order valence-corrected chi connectivity index (χ2v) is 11.1. The van der Waals surface area contributed by atoms with Gasteiger partial charge in [-0.25, -0.2) is 18.2 Å². The first-order valence-corrected chi connectivity index (χ1v) is 13.1. The average molecular weight is 498 g/mol. The number of fused-ring (bicyclic) bond motifs is 2. The minimum Gasteiger partial charge on any atom is -0.336 e. The second-order valence-electron chi connectivity index (χ2n) is 9.13. The molecule has 1 aliphatic carbocycles. The lowest BCUT2D eigenvalue weighted by atomic mass is 9.92. The lowest BCUT2D eigenvalue weighted by Gasteiger charge is -2.34. The summed E-state index contributed by atoms with van der Waals surface area (Å²) in [5.74, 6) is -0.332. The second kappa shape index (κ2) is 8.72. The van der Waals surface area contributed by atoms with Crippen molar-refractivity contribution in [3.8, 4) is 0 Å². The standard InChI is InChI=1S/C24H27N5O5S/c1-26-21-20(23(31)27(2)24(26)32)14-18(15-25-21)22(30)28-9-11-29(12-10-28)35(33,34)19-8-7-16-5-3-4-6-17(16)13-19/h7-8,13-15H,3-6,9-12H2,1-2H3. The van der Waals surface area contributed by atoms with Gasteiger partial charge in [0.05, 0.1) is 15.8 Å². The molecular weight excluding hydrogens is 470 g/mol. The molecule has 2 aliphatic rings. The summed E-state index contributed by atoms with van der Waals surface area (Å²) >= 11 is 0. The first kappa shape index (κ1) is 23.4. The molecule has 0 radical (unpaired) electrons. The maximum absolute atomic E-state index is 13.2. The Labute approximate surface area is 202 Å². The third kappa shape index (κ3) is 3.98. The molecule has 1 aliphatic heterocycles. The van der Waals surface area contributed by atoms with Crippen LogP contribution in [0.25, 0.3) is 11.0 Å². The van der Waals surface area contributed by atoms with E-state index in [9.17, 15) is 22.8 Å². The zero-order valence-corrected chi connectivity index (χ0v) is 20.5. The minimum absolute atomic E-state index is 0.175. The first-order chi connectivity index (χ1) is 16.7. The number of nitrogens with zero attached hydrogens (tertiary/aromatic N) is 5. The lowest BCUT2D eigenvalue weighted by Crippen LogP contribution is -2.50. The van der Waals surface area contributed by atoms with Crippen LogP contribution in [0.4, 0.5) is 0 Å². The van der Waals surface area contributed by atoms with Gasteiger partial charge in [-0.1, -0.05) is 6.07 Å². The fourth-order valence-electron chi connectivity index (χ4n) is 4.92. The molecule has 184 valence electrons. The van der Waals surface area contributed by atoms with Gasteiger partial charge in [0.25, 0.3) is 11.5 Å². The predicted molar refractivity (Wildman–Crippen MR) is 130 cm³/mol. The van der Waals surface area contributed by atoms with Crippen LogP contribution in [0.3, 0.4) is 0 Å². The number of hydrogen-bond acceptors (Lipinski definition) is 6. The van der Waals surface area contributed by atoms with Crippen LogP contribution in [-0.4, -0.2) is 63.8 Å². The van der Waals surface area contributed by atoms with E-state index in [0.717, 1.165) is 35.8 Å². The molecule has 3 heterocycles. The number of carbonyl (C=O) groups is 1. The molecule has 5 rings (SSSR count). The molecule has 35 heavy (non-hydrogen) atoms. The SMILES string of the molecule is Cn1c(=O)c2cc(C(=O)N3CCN(S(=O)(=O)c4ccc5c(c4)CCCC5)CC3)cnc2n(C)c1=O. The van der Waals surface area contributed by atoms with Crippen LogP contribution in [0.5, 0.6) is 0 Å². The number of aryl methyl sites for hydroxylation is 3. The number of pyridine rings is 1. The molecule has 0 saturated carbocycles. The van der Waals surface area contributed by atoms with Crippen molar-refractivity contribution in [3.63, 3.8) is 0 Å². The van der Waals surface area contributed by atoms with Gasteiger partial charge in [-0.2, -0.15) is 4.31 Å². The van der Waals surface area contributed by atoms with E-state index in [4.69, 9.17) is 0 Å². The Balaban J connectivity index is 1.34. The Kier molecular flexibility index (Phi) is 5.84. The fourth-order valence-corrected chi connectivity index (χ4v) is 6.39. The largest absolute Gasteiger partial charge is 0.336 e. The van der Waals surface area contributed by atoms with Gasteiger partial charge in [0, 0.05) is 46.5 Å². The number of rotatable bonds is 3. The normalized spacial score (nSPS) is 16.9. The van der Waals surface area contributed by atoms with E-state index in [0.29, 0.717) is 4.90 Å². The molecule has 0 N–H and O–H groups in total. The van der Waals surface area contributed by atoms with Crippen molar-refractivity contribution in [3.05, 3.63) is 68.0 Å². The third-order valence-corrected chi connectivity index (χ3v) is 8.92. The van der Waals surface area contributed by atoms with E-state index in [-0.39, 0.29) is 48.7 Å². The molecular formula is C24H27N5O5S. The summed E-state index contributed by atoms with van der Waals surface area (Å²) in [7, 11) is -0.760. The number of benzene rings is 1. The smallest absolute Gasteiger partial charge is 0.332 e. The molecule has 0 bridgehead atoms. The highest BCUT2D eigenvalue weighted by Crippen LogP contribution is 2.26. The quantitative estimate of drug-likeness (QED) is 0.525. The Morgan fingerprint density at radius 3 is 2.31 bits per heavy atom. The van der Waals surface area contributed by atoms with Crippen molar-refractivity contribution >= 4 is 27.0 Å².